The third-order valence-corrected chi connectivity index (χ3v) is 3.91. The minimum Gasteiger partial charge on any atom is -0.391 e. The summed E-state index contributed by atoms with van der Waals surface area (Å²) in [4.78, 5) is 23.9. The van der Waals surface area contributed by atoms with Crippen molar-refractivity contribution in [2.45, 2.75) is 50.8 Å². The van der Waals surface area contributed by atoms with Gasteiger partial charge in [-0.15, -0.1) is 0 Å². The average molecular weight is 359 g/mol. The third kappa shape index (κ3) is 4.93. The molecule has 2 unspecified atom stereocenters. The molecule has 4 atom stereocenters. The predicted molar refractivity (Wildman–Crippen MR) is 83.2 cm³/mol. The fourth-order valence-electron chi connectivity index (χ4n) is 2.67. The summed E-state index contributed by atoms with van der Waals surface area (Å²) in [5.41, 5.74) is -0.476. The van der Waals surface area contributed by atoms with E-state index in [4.69, 9.17) is 0 Å². The van der Waals surface area contributed by atoms with Gasteiger partial charge in [-0.05, 0) is 31.5 Å². The van der Waals surface area contributed by atoms with Crippen LogP contribution < -0.4 is 16.0 Å². The van der Waals surface area contributed by atoms with Crippen molar-refractivity contribution < 1.29 is 27.9 Å². The maximum atomic E-state index is 12.6. The first kappa shape index (κ1) is 19.2. The monoisotopic (exact) mass is 359 g/mol. The Labute approximate surface area is 142 Å². The molecule has 1 saturated heterocycles. The zero-order valence-corrected chi connectivity index (χ0v) is 13.7. The van der Waals surface area contributed by atoms with E-state index in [1.165, 1.54) is 19.1 Å². The van der Waals surface area contributed by atoms with Crippen LogP contribution in [0.5, 0.6) is 0 Å². The highest BCUT2D eigenvalue weighted by Gasteiger charge is 2.32. The van der Waals surface area contributed by atoms with Crippen molar-refractivity contribution in [2.75, 3.05) is 0 Å². The Morgan fingerprint density at radius 2 is 1.92 bits per heavy atom. The second-order valence-electron chi connectivity index (χ2n) is 6.06. The molecule has 0 saturated carbocycles. The SMILES string of the molecule is CC1NC(=O)CC(C(=O)N[C@@H](c2ccc(C(F)(F)F)cc2)[C@H](C)O)N1. The lowest BCUT2D eigenvalue weighted by Crippen LogP contribution is -2.60. The van der Waals surface area contributed by atoms with Gasteiger partial charge in [0.15, 0.2) is 0 Å². The lowest BCUT2D eigenvalue weighted by Gasteiger charge is -2.30. The summed E-state index contributed by atoms with van der Waals surface area (Å²) in [5.74, 6) is -0.790. The summed E-state index contributed by atoms with van der Waals surface area (Å²) < 4.78 is 37.9. The largest absolute Gasteiger partial charge is 0.416 e. The van der Waals surface area contributed by atoms with Crippen LogP contribution in [-0.4, -0.2) is 35.2 Å². The summed E-state index contributed by atoms with van der Waals surface area (Å²) in [7, 11) is 0. The van der Waals surface area contributed by atoms with Crippen LogP contribution in [0.2, 0.25) is 0 Å². The molecule has 1 heterocycles. The molecule has 0 spiro atoms. The number of aliphatic hydroxyl groups is 1. The molecule has 1 aliphatic rings. The Morgan fingerprint density at radius 3 is 2.40 bits per heavy atom. The molecule has 0 radical (unpaired) electrons. The second kappa shape index (κ2) is 7.40. The Balaban J connectivity index is 2.13. The van der Waals surface area contributed by atoms with Gasteiger partial charge in [-0.2, -0.15) is 13.2 Å². The number of benzene rings is 1. The Bertz CT molecular complexity index is 632. The van der Waals surface area contributed by atoms with E-state index in [1.54, 1.807) is 6.92 Å². The first-order chi connectivity index (χ1) is 11.6. The highest BCUT2D eigenvalue weighted by molar-refractivity contribution is 5.89. The van der Waals surface area contributed by atoms with Crippen molar-refractivity contribution in [1.82, 2.24) is 16.0 Å². The molecule has 1 fully saturated rings. The van der Waals surface area contributed by atoms with Crippen LogP contribution in [0, 0.1) is 0 Å². The number of rotatable bonds is 4. The maximum Gasteiger partial charge on any atom is 0.416 e. The predicted octanol–water partition coefficient (Wildman–Crippen LogP) is 1.07. The van der Waals surface area contributed by atoms with Crippen LogP contribution in [0.1, 0.15) is 37.4 Å². The summed E-state index contributed by atoms with van der Waals surface area (Å²) in [5, 5.41) is 18.0. The molecule has 2 rings (SSSR count). The van der Waals surface area contributed by atoms with E-state index in [-0.39, 0.29) is 18.5 Å². The number of halogens is 3. The molecule has 2 amide bonds. The van der Waals surface area contributed by atoms with E-state index in [0.717, 1.165) is 12.1 Å². The highest BCUT2D eigenvalue weighted by atomic mass is 19.4. The molecule has 0 bridgehead atoms. The molecule has 25 heavy (non-hydrogen) atoms. The topological polar surface area (TPSA) is 90.5 Å². The van der Waals surface area contributed by atoms with Gasteiger partial charge >= 0.3 is 6.18 Å². The highest BCUT2D eigenvalue weighted by Crippen LogP contribution is 2.30. The molecule has 6 nitrogen and oxygen atoms in total. The minimum atomic E-state index is -4.46. The van der Waals surface area contributed by atoms with Crippen molar-refractivity contribution in [1.29, 1.82) is 0 Å². The fourth-order valence-corrected chi connectivity index (χ4v) is 2.67. The molecule has 9 heteroatoms. The fraction of sp³-hybridized carbons (Fsp3) is 0.500. The average Bonchev–Trinajstić information content (AvgIpc) is 2.50. The second-order valence-corrected chi connectivity index (χ2v) is 6.06. The van der Waals surface area contributed by atoms with Gasteiger partial charge in [-0.3, -0.25) is 14.9 Å². The van der Waals surface area contributed by atoms with E-state index in [0.29, 0.717) is 5.56 Å². The Hall–Kier alpha value is -2.13. The minimum absolute atomic E-state index is 0.0598. The van der Waals surface area contributed by atoms with E-state index in [9.17, 15) is 27.9 Å². The van der Waals surface area contributed by atoms with Crippen LogP contribution >= 0.6 is 0 Å². The van der Waals surface area contributed by atoms with Crippen LogP contribution in [0.4, 0.5) is 13.2 Å². The zero-order chi connectivity index (χ0) is 18.8. The van der Waals surface area contributed by atoms with Gasteiger partial charge in [-0.1, -0.05) is 12.1 Å². The summed E-state index contributed by atoms with van der Waals surface area (Å²) in [6.07, 6.45) is -5.93. The van der Waals surface area contributed by atoms with Crippen LogP contribution in [0.25, 0.3) is 0 Å². The zero-order valence-electron chi connectivity index (χ0n) is 13.7. The standard InChI is InChI=1S/C16H20F3N3O3/c1-8(23)14(10-3-5-11(6-4-10)16(17,18)19)22-15(25)12-7-13(24)21-9(2)20-12/h3-6,8-9,12,14,20,23H,7H2,1-2H3,(H,21,24)(H,22,25)/t8-,9?,12?,14+/m0/s1. The number of hydrogen-bond donors (Lipinski definition) is 4. The van der Waals surface area contributed by atoms with Gasteiger partial charge in [0.1, 0.15) is 0 Å². The van der Waals surface area contributed by atoms with Gasteiger partial charge in [0, 0.05) is 0 Å². The number of carbonyl (C=O) groups excluding carboxylic acids is 2. The van der Waals surface area contributed by atoms with Crippen LogP contribution in [0.3, 0.4) is 0 Å². The molecule has 1 aromatic carbocycles. The summed E-state index contributed by atoms with van der Waals surface area (Å²) in [6.45, 7) is 3.10. The molecule has 1 aliphatic heterocycles. The van der Waals surface area contributed by atoms with Gasteiger partial charge < -0.3 is 15.7 Å². The number of amides is 2. The first-order valence-corrected chi connectivity index (χ1v) is 7.79. The Morgan fingerprint density at radius 1 is 1.32 bits per heavy atom. The molecular weight excluding hydrogens is 339 g/mol. The normalized spacial score (nSPS) is 23.5. The molecular formula is C16H20F3N3O3. The van der Waals surface area contributed by atoms with E-state index in [2.05, 4.69) is 16.0 Å². The molecule has 4 N–H and O–H groups in total. The first-order valence-electron chi connectivity index (χ1n) is 7.79. The maximum absolute atomic E-state index is 12.6. The molecule has 1 aromatic rings. The van der Waals surface area contributed by atoms with E-state index >= 15 is 0 Å². The molecule has 0 aromatic heterocycles. The lowest BCUT2D eigenvalue weighted by molar-refractivity contribution is -0.137. The van der Waals surface area contributed by atoms with Crippen molar-refractivity contribution in [3.05, 3.63) is 35.4 Å². The Kier molecular flexibility index (Phi) is 5.69. The molecule has 138 valence electrons. The van der Waals surface area contributed by atoms with Crippen molar-refractivity contribution in [3.63, 3.8) is 0 Å². The van der Waals surface area contributed by atoms with E-state index < -0.39 is 35.8 Å². The number of aliphatic hydroxyl groups excluding tert-OH is 1. The number of nitrogens with one attached hydrogen (secondary N) is 3. The van der Waals surface area contributed by atoms with Crippen molar-refractivity contribution >= 4 is 11.8 Å². The number of carbonyl (C=O) groups is 2. The third-order valence-electron chi connectivity index (χ3n) is 3.91. The van der Waals surface area contributed by atoms with Crippen molar-refractivity contribution in [2.24, 2.45) is 0 Å². The number of hydrogen-bond acceptors (Lipinski definition) is 4. The quantitative estimate of drug-likeness (QED) is 0.647. The van der Waals surface area contributed by atoms with Crippen LogP contribution in [0.15, 0.2) is 24.3 Å². The van der Waals surface area contributed by atoms with Gasteiger partial charge in [0.2, 0.25) is 11.8 Å². The van der Waals surface area contributed by atoms with E-state index in [1.807, 2.05) is 0 Å². The van der Waals surface area contributed by atoms with Gasteiger partial charge in [0.25, 0.3) is 0 Å². The summed E-state index contributed by atoms with van der Waals surface area (Å²) in [6, 6.07) is 2.54. The summed E-state index contributed by atoms with van der Waals surface area (Å²) >= 11 is 0. The molecule has 0 aliphatic carbocycles. The number of alkyl halides is 3. The van der Waals surface area contributed by atoms with Crippen LogP contribution in [-0.2, 0) is 15.8 Å². The van der Waals surface area contributed by atoms with Gasteiger partial charge in [0.05, 0.1) is 36.3 Å². The van der Waals surface area contributed by atoms with Crippen molar-refractivity contribution in [3.8, 4) is 0 Å². The van der Waals surface area contributed by atoms with Gasteiger partial charge in [-0.25, -0.2) is 0 Å². The smallest absolute Gasteiger partial charge is 0.391 e. The lowest BCUT2D eigenvalue weighted by atomic mass is 9.99.